The summed E-state index contributed by atoms with van der Waals surface area (Å²) in [5.41, 5.74) is 1.24. The summed E-state index contributed by atoms with van der Waals surface area (Å²) in [5.74, 6) is -1.92. The van der Waals surface area contributed by atoms with Gasteiger partial charge < -0.3 is 9.90 Å². The van der Waals surface area contributed by atoms with E-state index in [1.165, 1.54) is 30.3 Å². The molecule has 0 aromatic heterocycles. The van der Waals surface area contributed by atoms with Crippen molar-refractivity contribution >= 4 is 51.9 Å². The number of benzene rings is 2. The van der Waals surface area contributed by atoms with Crippen LogP contribution in [0.25, 0.3) is 6.08 Å². The molecule has 1 atom stereocenters. The predicted octanol–water partition coefficient (Wildman–Crippen LogP) is 2.16. The van der Waals surface area contributed by atoms with Gasteiger partial charge in [-0.2, -0.15) is 0 Å². The highest BCUT2D eigenvalue weighted by Gasteiger charge is 2.37. The van der Waals surface area contributed by atoms with Crippen molar-refractivity contribution < 1.29 is 19.6 Å². The number of non-ortho nitro benzene ring substituents is 1. The molecule has 142 valence electrons. The van der Waals surface area contributed by atoms with Gasteiger partial charge in [0.15, 0.2) is 0 Å². The van der Waals surface area contributed by atoms with Crippen molar-refractivity contribution in [3.8, 4) is 0 Å². The number of nitro benzene ring substituents is 1. The number of hydrogen-bond donors (Lipinski definition) is 0. The van der Waals surface area contributed by atoms with Crippen LogP contribution >= 0.6 is 24.0 Å². The molecule has 1 saturated heterocycles. The fraction of sp³-hybridized carbons (Fsp3) is 0.105. The van der Waals surface area contributed by atoms with E-state index in [4.69, 9.17) is 12.2 Å². The Kier molecular flexibility index (Phi) is 5.86. The summed E-state index contributed by atoms with van der Waals surface area (Å²) in [4.78, 5) is 36.0. The largest absolute Gasteiger partial charge is 0.548 e. The lowest BCUT2D eigenvalue weighted by atomic mass is 10.0. The van der Waals surface area contributed by atoms with E-state index in [0.29, 0.717) is 5.56 Å². The first-order chi connectivity index (χ1) is 13.4. The van der Waals surface area contributed by atoms with E-state index in [1.807, 2.05) is 6.07 Å². The number of carbonyl (C=O) groups is 2. The van der Waals surface area contributed by atoms with Gasteiger partial charge in [-0.3, -0.25) is 19.8 Å². The highest BCUT2D eigenvalue weighted by molar-refractivity contribution is 8.26. The van der Waals surface area contributed by atoms with E-state index in [1.54, 1.807) is 24.3 Å². The Morgan fingerprint density at radius 1 is 1.18 bits per heavy atom. The highest BCUT2D eigenvalue weighted by Crippen LogP contribution is 2.34. The van der Waals surface area contributed by atoms with Crippen LogP contribution in [0.5, 0.6) is 0 Å². The maximum Gasteiger partial charge on any atom is 0.269 e. The van der Waals surface area contributed by atoms with Crippen molar-refractivity contribution in [1.29, 1.82) is 0 Å². The lowest BCUT2D eigenvalue weighted by Gasteiger charge is -2.27. The molecule has 7 nitrogen and oxygen atoms in total. The lowest BCUT2D eigenvalue weighted by molar-refractivity contribution is -0.384. The van der Waals surface area contributed by atoms with Crippen LogP contribution in [-0.2, 0) is 16.0 Å². The predicted molar refractivity (Wildman–Crippen MR) is 107 cm³/mol. The van der Waals surface area contributed by atoms with E-state index in [9.17, 15) is 24.8 Å². The molecule has 1 aliphatic heterocycles. The van der Waals surface area contributed by atoms with Gasteiger partial charge >= 0.3 is 0 Å². The van der Waals surface area contributed by atoms with Gasteiger partial charge in [-0.05, 0) is 35.8 Å². The minimum Gasteiger partial charge on any atom is -0.548 e. The standard InChI is InChI=1S/C19H14N2O5S2/c22-17-16(11-13-6-8-14(9-7-13)21(25)26)28-19(27)20(17)15(18(23)24)10-12-4-2-1-3-5-12/h1-9,11,15H,10H2,(H,23,24)/p-1. The fourth-order valence-corrected chi connectivity index (χ4v) is 4.07. The Morgan fingerprint density at radius 2 is 1.82 bits per heavy atom. The number of rotatable bonds is 6. The zero-order chi connectivity index (χ0) is 20.3. The number of thioether (sulfide) groups is 1. The monoisotopic (exact) mass is 413 g/mol. The Labute approximate surface area is 169 Å². The van der Waals surface area contributed by atoms with E-state index >= 15 is 0 Å². The minimum absolute atomic E-state index is 0.0652. The van der Waals surface area contributed by atoms with Crippen molar-refractivity contribution in [3.63, 3.8) is 0 Å². The minimum atomic E-state index is -1.39. The first-order valence-corrected chi connectivity index (χ1v) is 9.35. The van der Waals surface area contributed by atoms with E-state index in [0.717, 1.165) is 22.2 Å². The molecule has 0 aliphatic carbocycles. The van der Waals surface area contributed by atoms with E-state index in [2.05, 4.69) is 0 Å². The topological polar surface area (TPSA) is 104 Å². The van der Waals surface area contributed by atoms with Crippen LogP contribution in [0.2, 0.25) is 0 Å². The van der Waals surface area contributed by atoms with Gasteiger partial charge in [-0.15, -0.1) is 0 Å². The number of nitro groups is 1. The Morgan fingerprint density at radius 3 is 2.39 bits per heavy atom. The summed E-state index contributed by atoms with van der Waals surface area (Å²) >= 11 is 6.21. The molecule has 1 aliphatic rings. The fourth-order valence-electron chi connectivity index (χ4n) is 2.71. The second-order valence-electron chi connectivity index (χ2n) is 5.92. The second kappa shape index (κ2) is 8.32. The van der Waals surface area contributed by atoms with Crippen LogP contribution in [-0.4, -0.2) is 32.1 Å². The molecule has 0 spiro atoms. The molecule has 0 N–H and O–H groups in total. The molecule has 9 heteroatoms. The molecule has 28 heavy (non-hydrogen) atoms. The zero-order valence-corrected chi connectivity index (χ0v) is 15.9. The van der Waals surface area contributed by atoms with E-state index < -0.39 is 22.8 Å². The maximum atomic E-state index is 12.8. The van der Waals surface area contributed by atoms with Crippen LogP contribution in [0, 0.1) is 10.1 Å². The summed E-state index contributed by atoms with van der Waals surface area (Å²) in [6.07, 6.45) is 1.60. The lowest BCUT2D eigenvalue weighted by Crippen LogP contribution is -2.51. The summed E-state index contributed by atoms with van der Waals surface area (Å²) in [7, 11) is 0. The molecule has 1 unspecified atom stereocenters. The molecule has 3 rings (SSSR count). The third kappa shape index (κ3) is 4.26. The second-order valence-corrected chi connectivity index (χ2v) is 7.60. The number of carboxylic acid groups (broad SMARTS) is 1. The molecule has 0 bridgehead atoms. The van der Waals surface area contributed by atoms with Crippen LogP contribution in [0.1, 0.15) is 11.1 Å². The molecule has 2 aromatic rings. The smallest absolute Gasteiger partial charge is 0.269 e. The van der Waals surface area contributed by atoms with Gasteiger partial charge in [0.25, 0.3) is 11.6 Å². The van der Waals surface area contributed by atoms with Crippen molar-refractivity contribution in [2.75, 3.05) is 0 Å². The SMILES string of the molecule is O=C([O-])C(Cc1ccccc1)N1C(=O)C(=Cc2ccc([N+](=O)[O-])cc2)SC1=S. The number of nitrogens with zero attached hydrogens (tertiary/aromatic N) is 2. The van der Waals surface area contributed by atoms with E-state index in [-0.39, 0.29) is 21.3 Å². The Bertz CT molecular complexity index is 974. The molecule has 1 amide bonds. The van der Waals surface area contributed by atoms with Crippen LogP contribution in [0.3, 0.4) is 0 Å². The average Bonchev–Trinajstić information content (AvgIpc) is 2.94. The zero-order valence-electron chi connectivity index (χ0n) is 14.3. The maximum absolute atomic E-state index is 12.8. The molecule has 0 saturated carbocycles. The summed E-state index contributed by atoms with van der Waals surface area (Å²) in [6, 6.07) is 13.3. The molecule has 1 fully saturated rings. The van der Waals surface area contributed by atoms with Gasteiger partial charge in [0.1, 0.15) is 4.32 Å². The van der Waals surface area contributed by atoms with Crippen molar-refractivity contribution in [3.05, 3.63) is 80.7 Å². The average molecular weight is 413 g/mol. The molecule has 1 heterocycles. The Hall–Kier alpha value is -3.04. The molecular weight excluding hydrogens is 400 g/mol. The number of amides is 1. The number of aliphatic carboxylic acids is 1. The van der Waals surface area contributed by atoms with Crippen LogP contribution in [0.4, 0.5) is 5.69 Å². The van der Waals surface area contributed by atoms with Crippen molar-refractivity contribution in [2.45, 2.75) is 12.5 Å². The number of carbonyl (C=O) groups excluding carboxylic acids is 2. The van der Waals surface area contributed by atoms with Gasteiger partial charge in [0.2, 0.25) is 0 Å². The number of thiocarbonyl (C=S) groups is 1. The van der Waals surface area contributed by atoms with Gasteiger partial charge in [-0.1, -0.05) is 54.3 Å². The number of hydrogen-bond acceptors (Lipinski definition) is 7. The summed E-state index contributed by atoms with van der Waals surface area (Å²) in [5, 5.41) is 22.4. The third-order valence-electron chi connectivity index (χ3n) is 4.08. The molecular formula is C19H13N2O5S2-. The summed E-state index contributed by atoms with van der Waals surface area (Å²) < 4.78 is 0.128. The molecule has 2 aromatic carbocycles. The summed E-state index contributed by atoms with van der Waals surface area (Å²) in [6.45, 7) is 0. The van der Waals surface area contributed by atoms with Crippen molar-refractivity contribution in [2.24, 2.45) is 0 Å². The molecule has 0 radical (unpaired) electrons. The van der Waals surface area contributed by atoms with Crippen molar-refractivity contribution in [1.82, 2.24) is 4.90 Å². The normalized spacial score (nSPS) is 16.4. The highest BCUT2D eigenvalue weighted by atomic mass is 32.2. The van der Waals surface area contributed by atoms with Crippen LogP contribution < -0.4 is 5.11 Å². The van der Waals surface area contributed by atoms with Gasteiger partial charge in [0.05, 0.1) is 21.8 Å². The number of carboxylic acids is 1. The first kappa shape index (κ1) is 19.7. The van der Waals surface area contributed by atoms with Gasteiger partial charge in [0, 0.05) is 12.1 Å². The van der Waals surface area contributed by atoms with Gasteiger partial charge in [-0.25, -0.2) is 0 Å². The van der Waals surface area contributed by atoms with Crippen LogP contribution in [0.15, 0.2) is 59.5 Å². The third-order valence-corrected chi connectivity index (χ3v) is 5.41. The Balaban J connectivity index is 1.85. The quantitative estimate of drug-likeness (QED) is 0.309. The first-order valence-electron chi connectivity index (χ1n) is 8.13.